The van der Waals surface area contributed by atoms with Crippen molar-refractivity contribution < 1.29 is 9.90 Å². The first-order chi connectivity index (χ1) is 9.51. The van der Waals surface area contributed by atoms with Gasteiger partial charge < -0.3 is 16.2 Å². The average molecular weight is 288 g/mol. The summed E-state index contributed by atoms with van der Waals surface area (Å²) in [6.07, 6.45) is 0. The van der Waals surface area contributed by atoms with Crippen LogP contribution in [0.2, 0.25) is 5.02 Å². The van der Waals surface area contributed by atoms with Crippen LogP contribution >= 0.6 is 11.6 Å². The molecule has 5 nitrogen and oxygen atoms in total. The predicted molar refractivity (Wildman–Crippen MR) is 77.3 cm³/mol. The van der Waals surface area contributed by atoms with Crippen LogP contribution in [0.1, 0.15) is 15.9 Å². The van der Waals surface area contributed by atoms with Crippen molar-refractivity contribution in [3.8, 4) is 6.07 Å². The Morgan fingerprint density at radius 3 is 2.65 bits per heavy atom. The quantitative estimate of drug-likeness (QED) is 0.753. The SMILES string of the molecule is N#Cc1ccc(Cl)cc1Nc1cc(N)ccc1C(=O)O. The van der Waals surface area contributed by atoms with Crippen LogP contribution in [0.5, 0.6) is 0 Å². The number of nitriles is 1. The Hall–Kier alpha value is -2.71. The maximum absolute atomic E-state index is 11.2. The molecule has 0 bridgehead atoms. The van der Waals surface area contributed by atoms with Crippen LogP contribution in [-0.2, 0) is 0 Å². The Bertz CT molecular complexity index is 723. The van der Waals surface area contributed by atoms with E-state index in [2.05, 4.69) is 5.32 Å². The van der Waals surface area contributed by atoms with Crippen LogP contribution in [0.15, 0.2) is 36.4 Å². The zero-order chi connectivity index (χ0) is 14.7. The zero-order valence-corrected chi connectivity index (χ0v) is 11.0. The number of carboxylic acid groups (broad SMARTS) is 1. The fraction of sp³-hybridized carbons (Fsp3) is 0. The number of carboxylic acids is 1. The second-order valence-corrected chi connectivity index (χ2v) is 4.47. The minimum Gasteiger partial charge on any atom is -0.478 e. The molecule has 2 aromatic carbocycles. The van der Waals surface area contributed by atoms with E-state index in [1.807, 2.05) is 6.07 Å². The molecule has 0 radical (unpaired) electrons. The number of anilines is 3. The molecule has 0 fully saturated rings. The third-order valence-electron chi connectivity index (χ3n) is 2.65. The molecule has 0 unspecified atom stereocenters. The summed E-state index contributed by atoms with van der Waals surface area (Å²) >= 11 is 5.88. The molecule has 6 heteroatoms. The summed E-state index contributed by atoms with van der Waals surface area (Å²) in [4.78, 5) is 11.2. The Kier molecular flexibility index (Phi) is 3.78. The van der Waals surface area contributed by atoms with Crippen LogP contribution in [0.3, 0.4) is 0 Å². The number of halogens is 1. The third kappa shape index (κ3) is 2.82. The van der Waals surface area contributed by atoms with Gasteiger partial charge in [-0.1, -0.05) is 11.6 Å². The summed E-state index contributed by atoms with van der Waals surface area (Å²) in [7, 11) is 0. The minimum absolute atomic E-state index is 0.0584. The van der Waals surface area contributed by atoms with Crippen molar-refractivity contribution in [3.63, 3.8) is 0 Å². The zero-order valence-electron chi connectivity index (χ0n) is 10.2. The van der Waals surface area contributed by atoms with Gasteiger partial charge in [-0.25, -0.2) is 4.79 Å². The lowest BCUT2D eigenvalue weighted by molar-refractivity contribution is 0.0698. The molecule has 0 heterocycles. The first kappa shape index (κ1) is 13.7. The highest BCUT2D eigenvalue weighted by atomic mass is 35.5. The average Bonchev–Trinajstić information content (AvgIpc) is 2.38. The standard InChI is InChI=1S/C14H10ClN3O2/c15-9-2-1-8(7-16)12(5-9)18-13-6-10(17)3-4-11(13)14(19)20/h1-6,18H,17H2,(H,19,20). The lowest BCUT2D eigenvalue weighted by Crippen LogP contribution is -2.04. The van der Waals surface area contributed by atoms with E-state index in [4.69, 9.17) is 27.7 Å². The molecule has 0 aromatic heterocycles. The predicted octanol–water partition coefficient (Wildman–Crippen LogP) is 3.24. The van der Waals surface area contributed by atoms with Crippen LogP contribution in [0.4, 0.5) is 17.1 Å². The number of hydrogen-bond acceptors (Lipinski definition) is 4. The van der Waals surface area contributed by atoms with Crippen molar-refractivity contribution in [2.45, 2.75) is 0 Å². The normalized spacial score (nSPS) is 9.80. The van der Waals surface area contributed by atoms with Crippen molar-refractivity contribution in [3.05, 3.63) is 52.5 Å². The topological polar surface area (TPSA) is 99.1 Å². The van der Waals surface area contributed by atoms with Gasteiger partial charge in [0.2, 0.25) is 0 Å². The van der Waals surface area contributed by atoms with Gasteiger partial charge in [-0.3, -0.25) is 0 Å². The molecular formula is C14H10ClN3O2. The number of nitrogens with two attached hydrogens (primary N) is 1. The van der Waals surface area contributed by atoms with E-state index in [1.54, 1.807) is 18.2 Å². The van der Waals surface area contributed by atoms with E-state index in [0.29, 0.717) is 27.6 Å². The van der Waals surface area contributed by atoms with E-state index in [0.717, 1.165) is 0 Å². The molecule has 20 heavy (non-hydrogen) atoms. The lowest BCUT2D eigenvalue weighted by Gasteiger charge is -2.12. The monoisotopic (exact) mass is 287 g/mol. The molecule has 0 atom stereocenters. The van der Waals surface area contributed by atoms with Crippen LogP contribution in [-0.4, -0.2) is 11.1 Å². The second kappa shape index (κ2) is 5.51. The fourth-order valence-corrected chi connectivity index (χ4v) is 1.89. The number of aromatic carboxylic acids is 1. The summed E-state index contributed by atoms with van der Waals surface area (Å²) in [5.74, 6) is -1.09. The van der Waals surface area contributed by atoms with Crippen LogP contribution in [0.25, 0.3) is 0 Å². The highest BCUT2D eigenvalue weighted by Gasteiger charge is 2.12. The van der Waals surface area contributed by atoms with Gasteiger partial charge in [-0.15, -0.1) is 0 Å². The van der Waals surface area contributed by atoms with E-state index < -0.39 is 5.97 Å². The lowest BCUT2D eigenvalue weighted by atomic mass is 10.1. The summed E-state index contributed by atoms with van der Waals surface area (Å²) in [5, 5.41) is 21.5. The molecule has 0 aliphatic rings. The molecule has 0 spiro atoms. The highest BCUT2D eigenvalue weighted by molar-refractivity contribution is 6.31. The smallest absolute Gasteiger partial charge is 0.337 e. The second-order valence-electron chi connectivity index (χ2n) is 4.04. The van der Waals surface area contributed by atoms with E-state index in [-0.39, 0.29) is 5.56 Å². The van der Waals surface area contributed by atoms with Gasteiger partial charge in [0, 0.05) is 10.7 Å². The molecule has 0 amide bonds. The summed E-state index contributed by atoms with van der Waals surface area (Å²) in [5.41, 5.74) is 7.21. The van der Waals surface area contributed by atoms with Crippen molar-refractivity contribution in [2.75, 3.05) is 11.1 Å². The minimum atomic E-state index is -1.09. The number of carbonyl (C=O) groups is 1. The van der Waals surface area contributed by atoms with Gasteiger partial charge in [0.25, 0.3) is 0 Å². The van der Waals surface area contributed by atoms with Crippen molar-refractivity contribution >= 4 is 34.6 Å². The molecule has 100 valence electrons. The van der Waals surface area contributed by atoms with Gasteiger partial charge >= 0.3 is 5.97 Å². The van der Waals surface area contributed by atoms with Gasteiger partial charge in [-0.05, 0) is 36.4 Å². The van der Waals surface area contributed by atoms with E-state index in [1.165, 1.54) is 18.2 Å². The van der Waals surface area contributed by atoms with Crippen LogP contribution in [0, 0.1) is 11.3 Å². The molecule has 0 saturated carbocycles. The Labute approximate surface area is 120 Å². The fourth-order valence-electron chi connectivity index (χ4n) is 1.71. The summed E-state index contributed by atoms with van der Waals surface area (Å²) in [6.45, 7) is 0. The molecule has 2 rings (SSSR count). The molecular weight excluding hydrogens is 278 g/mol. The van der Waals surface area contributed by atoms with E-state index in [9.17, 15) is 4.79 Å². The number of nitrogens with zero attached hydrogens (tertiary/aromatic N) is 1. The van der Waals surface area contributed by atoms with Crippen LogP contribution < -0.4 is 11.1 Å². The first-order valence-corrected chi connectivity index (χ1v) is 5.98. The molecule has 2 aromatic rings. The summed E-state index contributed by atoms with van der Waals surface area (Å²) < 4.78 is 0. The van der Waals surface area contributed by atoms with Gasteiger partial charge in [0.15, 0.2) is 0 Å². The molecule has 0 saturated heterocycles. The third-order valence-corrected chi connectivity index (χ3v) is 2.88. The highest BCUT2D eigenvalue weighted by Crippen LogP contribution is 2.27. The van der Waals surface area contributed by atoms with Crippen molar-refractivity contribution in [1.82, 2.24) is 0 Å². The Balaban J connectivity index is 2.50. The van der Waals surface area contributed by atoms with Gasteiger partial charge in [0.1, 0.15) is 6.07 Å². The summed E-state index contributed by atoms with van der Waals surface area (Å²) in [6, 6.07) is 11.1. The van der Waals surface area contributed by atoms with Crippen molar-refractivity contribution in [2.24, 2.45) is 0 Å². The first-order valence-electron chi connectivity index (χ1n) is 5.61. The van der Waals surface area contributed by atoms with Gasteiger partial charge in [0.05, 0.1) is 22.5 Å². The molecule has 0 aliphatic heterocycles. The Morgan fingerprint density at radius 2 is 2.00 bits per heavy atom. The Morgan fingerprint density at radius 1 is 1.25 bits per heavy atom. The van der Waals surface area contributed by atoms with E-state index >= 15 is 0 Å². The number of rotatable bonds is 3. The molecule has 4 N–H and O–H groups in total. The number of benzene rings is 2. The molecule has 0 aliphatic carbocycles. The largest absolute Gasteiger partial charge is 0.478 e. The maximum atomic E-state index is 11.2. The number of nitrogens with one attached hydrogen (secondary N) is 1. The van der Waals surface area contributed by atoms with Gasteiger partial charge in [-0.2, -0.15) is 5.26 Å². The number of nitrogen functional groups attached to an aromatic ring is 1. The maximum Gasteiger partial charge on any atom is 0.337 e. The number of hydrogen-bond donors (Lipinski definition) is 3. The van der Waals surface area contributed by atoms with Crippen molar-refractivity contribution in [1.29, 1.82) is 5.26 Å².